The molecule has 0 saturated carbocycles. The van der Waals surface area contributed by atoms with Crippen LogP contribution in [-0.4, -0.2) is 36.6 Å². The molecule has 0 bridgehead atoms. The minimum absolute atomic E-state index is 0.0190. The number of alkyl halides is 2. The summed E-state index contributed by atoms with van der Waals surface area (Å²) < 4.78 is 35.8. The molecule has 1 aliphatic rings. The van der Waals surface area contributed by atoms with Crippen LogP contribution in [0.1, 0.15) is 35.0 Å². The van der Waals surface area contributed by atoms with Gasteiger partial charge >= 0.3 is 11.9 Å². The van der Waals surface area contributed by atoms with Gasteiger partial charge in [0.2, 0.25) is 5.88 Å². The Morgan fingerprint density at radius 1 is 1.52 bits per heavy atom. The average Bonchev–Trinajstić information content (AvgIpc) is 2.44. The maximum atomic E-state index is 13.1. The van der Waals surface area contributed by atoms with Crippen molar-refractivity contribution in [2.75, 3.05) is 19.7 Å². The summed E-state index contributed by atoms with van der Waals surface area (Å²) in [6, 6.07) is 2.57. The normalized spacial score (nSPS) is 14.0. The number of esters is 2. The summed E-state index contributed by atoms with van der Waals surface area (Å²) in [4.78, 5) is 27.0. The number of halogens is 2. The van der Waals surface area contributed by atoms with E-state index < -0.39 is 41.4 Å². The van der Waals surface area contributed by atoms with E-state index in [-0.39, 0.29) is 12.2 Å². The van der Waals surface area contributed by atoms with Crippen LogP contribution in [0.4, 0.5) is 8.78 Å². The van der Waals surface area contributed by atoms with Crippen molar-refractivity contribution in [2.45, 2.75) is 13.3 Å². The Hall–Kier alpha value is -2.60. The van der Waals surface area contributed by atoms with E-state index in [0.717, 1.165) is 6.07 Å². The minimum Gasteiger partial charge on any atom is -0.462 e. The second kappa shape index (κ2) is 7.11. The molecule has 23 heavy (non-hydrogen) atoms. The largest absolute Gasteiger partial charge is 0.462 e. The maximum absolute atomic E-state index is 13.1. The standard InChI is InChI=1S/C14H13F2N3O4/c1-2-22-14(21)9-3-7(4-17)12(19-10(9)11(15)16)23-13(20)8-5-18-6-8/h3,8,11,18H,2,5-6H2,1H3. The van der Waals surface area contributed by atoms with Gasteiger partial charge in [0.15, 0.2) is 0 Å². The fraction of sp³-hybridized carbons (Fsp3) is 0.429. The number of carbonyl (C=O) groups excluding carboxylic acids is 2. The van der Waals surface area contributed by atoms with Gasteiger partial charge in [0.05, 0.1) is 18.1 Å². The van der Waals surface area contributed by atoms with Crippen molar-refractivity contribution < 1.29 is 27.8 Å². The van der Waals surface area contributed by atoms with Crippen molar-refractivity contribution in [1.29, 1.82) is 5.26 Å². The maximum Gasteiger partial charge on any atom is 0.340 e. The van der Waals surface area contributed by atoms with E-state index >= 15 is 0 Å². The number of pyridine rings is 1. The minimum atomic E-state index is -3.09. The molecular weight excluding hydrogens is 312 g/mol. The number of aromatic nitrogens is 1. The number of nitrogens with zero attached hydrogens (tertiary/aromatic N) is 2. The van der Waals surface area contributed by atoms with Gasteiger partial charge in [-0.05, 0) is 13.0 Å². The highest BCUT2D eigenvalue weighted by Gasteiger charge is 2.30. The van der Waals surface area contributed by atoms with E-state index in [1.54, 1.807) is 6.07 Å². The van der Waals surface area contributed by atoms with Crippen molar-refractivity contribution in [3.63, 3.8) is 0 Å². The van der Waals surface area contributed by atoms with Gasteiger partial charge in [-0.2, -0.15) is 5.26 Å². The molecule has 9 heteroatoms. The predicted molar refractivity (Wildman–Crippen MR) is 71.9 cm³/mol. The van der Waals surface area contributed by atoms with Crippen molar-refractivity contribution in [3.8, 4) is 11.9 Å². The third-order valence-electron chi connectivity index (χ3n) is 3.15. The third-order valence-corrected chi connectivity index (χ3v) is 3.15. The first-order valence-corrected chi connectivity index (χ1v) is 6.80. The number of nitrogens with one attached hydrogen (secondary N) is 1. The molecule has 0 atom stereocenters. The van der Waals surface area contributed by atoms with Crippen molar-refractivity contribution in [3.05, 3.63) is 22.9 Å². The molecule has 1 aliphatic heterocycles. The molecule has 1 fully saturated rings. The highest BCUT2D eigenvalue weighted by atomic mass is 19.3. The summed E-state index contributed by atoms with van der Waals surface area (Å²) in [5.74, 6) is -2.64. The lowest BCUT2D eigenvalue weighted by atomic mass is 10.0. The van der Waals surface area contributed by atoms with E-state index in [1.807, 2.05) is 0 Å². The van der Waals surface area contributed by atoms with Crippen molar-refractivity contribution in [1.82, 2.24) is 10.3 Å². The molecule has 0 amide bonds. The number of ether oxygens (including phenoxy) is 2. The first kappa shape index (κ1) is 16.8. The highest BCUT2D eigenvalue weighted by molar-refractivity contribution is 5.91. The summed E-state index contributed by atoms with van der Waals surface area (Å²) in [6.07, 6.45) is -3.09. The van der Waals surface area contributed by atoms with E-state index in [1.165, 1.54) is 6.92 Å². The van der Waals surface area contributed by atoms with Gasteiger partial charge < -0.3 is 14.8 Å². The number of hydrogen-bond donors (Lipinski definition) is 1. The second-order valence-electron chi connectivity index (χ2n) is 4.68. The van der Waals surface area contributed by atoms with Crippen LogP contribution in [0, 0.1) is 17.2 Å². The summed E-state index contributed by atoms with van der Waals surface area (Å²) >= 11 is 0. The van der Waals surface area contributed by atoms with E-state index in [4.69, 9.17) is 10.00 Å². The van der Waals surface area contributed by atoms with Crippen LogP contribution in [-0.2, 0) is 9.53 Å². The average molecular weight is 325 g/mol. The number of hydrogen-bond acceptors (Lipinski definition) is 7. The summed E-state index contributed by atoms with van der Waals surface area (Å²) in [7, 11) is 0. The first-order chi connectivity index (χ1) is 11.0. The second-order valence-corrected chi connectivity index (χ2v) is 4.68. The summed E-state index contributed by atoms with van der Waals surface area (Å²) in [5, 5.41) is 11.9. The van der Waals surface area contributed by atoms with Crippen molar-refractivity contribution in [2.24, 2.45) is 5.92 Å². The number of rotatable bonds is 5. The van der Waals surface area contributed by atoms with Crippen LogP contribution in [0.3, 0.4) is 0 Å². The molecule has 0 spiro atoms. The fourth-order valence-corrected chi connectivity index (χ4v) is 1.84. The smallest absolute Gasteiger partial charge is 0.340 e. The highest BCUT2D eigenvalue weighted by Crippen LogP contribution is 2.28. The molecule has 1 aromatic heterocycles. The molecule has 0 unspecified atom stereocenters. The van der Waals surface area contributed by atoms with Gasteiger partial charge in [-0.1, -0.05) is 0 Å². The Morgan fingerprint density at radius 2 is 2.22 bits per heavy atom. The van der Waals surface area contributed by atoms with E-state index in [9.17, 15) is 18.4 Å². The SMILES string of the molecule is CCOC(=O)c1cc(C#N)c(OC(=O)C2CNC2)nc1C(F)F. The molecule has 0 aliphatic carbocycles. The topological polar surface area (TPSA) is 101 Å². The Morgan fingerprint density at radius 3 is 2.70 bits per heavy atom. The van der Waals surface area contributed by atoms with Gasteiger partial charge in [0.1, 0.15) is 17.3 Å². The molecule has 122 valence electrons. The van der Waals surface area contributed by atoms with Crippen LogP contribution in [0.2, 0.25) is 0 Å². The van der Waals surface area contributed by atoms with Gasteiger partial charge in [0, 0.05) is 13.1 Å². The van der Waals surface area contributed by atoms with E-state index in [0.29, 0.717) is 13.1 Å². The molecule has 7 nitrogen and oxygen atoms in total. The molecular formula is C14H13F2N3O4. The molecule has 0 aromatic carbocycles. The summed E-state index contributed by atoms with van der Waals surface area (Å²) in [6.45, 7) is 2.31. The Kier molecular flexibility index (Phi) is 5.18. The Bertz CT molecular complexity index is 669. The molecule has 1 aromatic rings. The summed E-state index contributed by atoms with van der Waals surface area (Å²) in [5.41, 5.74) is -1.71. The molecule has 0 radical (unpaired) electrons. The van der Waals surface area contributed by atoms with Crippen LogP contribution < -0.4 is 10.1 Å². The van der Waals surface area contributed by atoms with Crippen LogP contribution >= 0.6 is 0 Å². The van der Waals surface area contributed by atoms with Gasteiger partial charge in [0.25, 0.3) is 6.43 Å². The lowest BCUT2D eigenvalue weighted by molar-refractivity contribution is -0.140. The predicted octanol–water partition coefficient (Wildman–Crippen LogP) is 1.19. The van der Waals surface area contributed by atoms with Crippen LogP contribution in [0.5, 0.6) is 5.88 Å². The lowest BCUT2D eigenvalue weighted by Crippen LogP contribution is -2.48. The third kappa shape index (κ3) is 3.60. The fourth-order valence-electron chi connectivity index (χ4n) is 1.84. The quantitative estimate of drug-likeness (QED) is 0.811. The Labute approximate surface area is 130 Å². The van der Waals surface area contributed by atoms with Crippen molar-refractivity contribution >= 4 is 11.9 Å². The first-order valence-electron chi connectivity index (χ1n) is 6.80. The zero-order valence-electron chi connectivity index (χ0n) is 12.1. The zero-order chi connectivity index (χ0) is 17.0. The Balaban J connectivity index is 2.38. The number of nitriles is 1. The van der Waals surface area contributed by atoms with Crippen LogP contribution in [0.15, 0.2) is 6.07 Å². The molecule has 1 N–H and O–H groups in total. The molecule has 2 rings (SSSR count). The lowest BCUT2D eigenvalue weighted by Gasteiger charge is -2.24. The zero-order valence-corrected chi connectivity index (χ0v) is 12.1. The van der Waals surface area contributed by atoms with E-state index in [2.05, 4.69) is 15.0 Å². The van der Waals surface area contributed by atoms with Gasteiger partial charge in [-0.25, -0.2) is 18.6 Å². The molecule has 1 saturated heterocycles. The van der Waals surface area contributed by atoms with Crippen LogP contribution in [0.25, 0.3) is 0 Å². The number of carbonyl (C=O) groups is 2. The monoisotopic (exact) mass is 325 g/mol. The molecule has 2 heterocycles. The van der Waals surface area contributed by atoms with Gasteiger partial charge in [-0.15, -0.1) is 0 Å². The van der Waals surface area contributed by atoms with Gasteiger partial charge in [-0.3, -0.25) is 4.79 Å².